The maximum Gasteiger partial charge on any atom is 0.253 e. The molecule has 0 aliphatic carbocycles. The number of carbonyl (C=O) groups excluding carboxylic acids is 2. The summed E-state index contributed by atoms with van der Waals surface area (Å²) in [5, 5.41) is 9.66. The van der Waals surface area contributed by atoms with Gasteiger partial charge in [0.25, 0.3) is 11.8 Å². The Labute approximate surface area is 212 Å². The van der Waals surface area contributed by atoms with Crippen LogP contribution in [-0.4, -0.2) is 62.9 Å². The van der Waals surface area contributed by atoms with Crippen molar-refractivity contribution in [1.82, 2.24) is 20.9 Å². The van der Waals surface area contributed by atoms with E-state index >= 15 is 0 Å². The zero-order valence-corrected chi connectivity index (χ0v) is 21.7. The summed E-state index contributed by atoms with van der Waals surface area (Å²) in [5.41, 5.74) is 2.18. The predicted octanol–water partition coefficient (Wildman–Crippen LogP) is 3.19. The van der Waals surface area contributed by atoms with Gasteiger partial charge in [-0.25, -0.2) is 0 Å². The molecule has 2 rings (SSSR count). The van der Waals surface area contributed by atoms with Gasteiger partial charge in [0, 0.05) is 45.8 Å². The van der Waals surface area contributed by atoms with E-state index in [0.717, 1.165) is 12.1 Å². The number of aliphatic imine (C=N–C) groups is 1. The molecule has 7 nitrogen and oxygen atoms in total. The highest BCUT2D eigenvalue weighted by Gasteiger charge is 2.09. The molecule has 0 aliphatic heterocycles. The topological polar surface area (TPSA) is 85.8 Å². The van der Waals surface area contributed by atoms with Crippen molar-refractivity contribution in [2.24, 2.45) is 4.99 Å². The van der Waals surface area contributed by atoms with E-state index in [2.05, 4.69) is 20.9 Å². The number of carbonyl (C=O) groups is 2. The van der Waals surface area contributed by atoms with Crippen molar-refractivity contribution in [2.45, 2.75) is 13.3 Å². The lowest BCUT2D eigenvalue weighted by molar-refractivity contribution is 0.0827. The van der Waals surface area contributed by atoms with Gasteiger partial charge in [0.15, 0.2) is 5.96 Å². The minimum atomic E-state index is -0.207. The van der Waals surface area contributed by atoms with Gasteiger partial charge in [0.1, 0.15) is 0 Å². The van der Waals surface area contributed by atoms with Gasteiger partial charge in [-0.1, -0.05) is 35.9 Å². The van der Waals surface area contributed by atoms with Crippen LogP contribution in [0, 0.1) is 0 Å². The lowest BCUT2D eigenvalue weighted by Crippen LogP contribution is -2.41. The molecule has 2 aromatic carbocycles. The maximum atomic E-state index is 12.2. The lowest BCUT2D eigenvalue weighted by atomic mass is 10.1. The number of rotatable bonds is 9. The monoisotopic (exact) mass is 571 g/mol. The Morgan fingerprint density at radius 2 is 1.72 bits per heavy atom. The van der Waals surface area contributed by atoms with Crippen LogP contribution in [0.3, 0.4) is 0 Å². The summed E-state index contributed by atoms with van der Waals surface area (Å²) in [6.45, 7) is 4.25. The van der Waals surface area contributed by atoms with Gasteiger partial charge in [-0.2, -0.15) is 0 Å². The molecule has 0 aliphatic rings. The van der Waals surface area contributed by atoms with Crippen molar-refractivity contribution in [1.29, 1.82) is 0 Å². The Bertz CT molecular complexity index is 921. The van der Waals surface area contributed by atoms with Crippen molar-refractivity contribution >= 4 is 53.4 Å². The number of halogens is 2. The molecule has 2 amide bonds. The summed E-state index contributed by atoms with van der Waals surface area (Å²) in [7, 11) is 3.48. The SMILES string of the molecule is CCNC(=NCCc1cccc(C(=O)N(C)C)c1)NCCNC(=O)c1ccccc1Cl.I. The third-order valence-electron chi connectivity index (χ3n) is 4.42. The zero-order chi connectivity index (χ0) is 22.6. The Morgan fingerprint density at radius 1 is 1.00 bits per heavy atom. The molecular formula is C23H31ClIN5O2. The van der Waals surface area contributed by atoms with E-state index in [1.807, 2.05) is 31.2 Å². The van der Waals surface area contributed by atoms with E-state index in [1.165, 1.54) is 0 Å². The number of benzene rings is 2. The van der Waals surface area contributed by atoms with Gasteiger partial charge in [-0.05, 0) is 43.2 Å². The molecule has 174 valence electrons. The largest absolute Gasteiger partial charge is 0.357 e. The molecule has 0 saturated heterocycles. The fourth-order valence-corrected chi connectivity index (χ4v) is 3.08. The van der Waals surface area contributed by atoms with E-state index in [9.17, 15) is 9.59 Å². The fourth-order valence-electron chi connectivity index (χ4n) is 2.85. The van der Waals surface area contributed by atoms with E-state index in [-0.39, 0.29) is 35.8 Å². The second kappa shape index (κ2) is 14.7. The van der Waals surface area contributed by atoms with Crippen molar-refractivity contribution < 1.29 is 9.59 Å². The molecule has 0 bridgehead atoms. The van der Waals surface area contributed by atoms with Crippen molar-refractivity contribution in [3.63, 3.8) is 0 Å². The van der Waals surface area contributed by atoms with E-state index in [1.54, 1.807) is 43.3 Å². The first kappa shape index (κ1) is 27.7. The average molecular weight is 572 g/mol. The van der Waals surface area contributed by atoms with E-state index < -0.39 is 0 Å². The van der Waals surface area contributed by atoms with Crippen LogP contribution < -0.4 is 16.0 Å². The summed E-state index contributed by atoms with van der Waals surface area (Å²) in [5.74, 6) is 0.454. The lowest BCUT2D eigenvalue weighted by Gasteiger charge is -2.13. The standard InChI is InChI=1S/C23H30ClN5O2.HI/c1-4-25-23(28-15-14-26-21(30)19-10-5-6-11-20(19)24)27-13-12-17-8-7-9-18(16-17)22(31)29(2)3;/h5-11,16H,4,12-15H2,1-3H3,(H,26,30)(H2,25,27,28);1H. The smallest absolute Gasteiger partial charge is 0.253 e. The predicted molar refractivity (Wildman–Crippen MR) is 141 cm³/mol. The van der Waals surface area contributed by atoms with Crippen LogP contribution in [0.1, 0.15) is 33.2 Å². The van der Waals surface area contributed by atoms with Gasteiger partial charge < -0.3 is 20.9 Å². The van der Waals surface area contributed by atoms with Crippen molar-refractivity contribution in [2.75, 3.05) is 40.3 Å². The van der Waals surface area contributed by atoms with E-state index in [4.69, 9.17) is 11.6 Å². The van der Waals surface area contributed by atoms with Gasteiger partial charge >= 0.3 is 0 Å². The molecule has 3 N–H and O–H groups in total. The fraction of sp³-hybridized carbons (Fsp3) is 0.348. The second-order valence-corrected chi connectivity index (χ2v) is 7.48. The highest BCUT2D eigenvalue weighted by Crippen LogP contribution is 2.14. The second-order valence-electron chi connectivity index (χ2n) is 7.07. The molecular weight excluding hydrogens is 541 g/mol. The highest BCUT2D eigenvalue weighted by molar-refractivity contribution is 14.0. The van der Waals surface area contributed by atoms with Gasteiger partial charge in [-0.15, -0.1) is 24.0 Å². The summed E-state index contributed by atoms with van der Waals surface area (Å²) in [6.07, 6.45) is 0.717. The first-order valence-electron chi connectivity index (χ1n) is 10.3. The Balaban J connectivity index is 0.00000512. The quantitative estimate of drug-likeness (QED) is 0.187. The van der Waals surface area contributed by atoms with Gasteiger partial charge in [0.05, 0.1) is 10.6 Å². The molecule has 0 aromatic heterocycles. The Kier molecular flexibility index (Phi) is 12.7. The molecule has 0 fully saturated rings. The number of amides is 2. The summed E-state index contributed by atoms with van der Waals surface area (Å²) >= 11 is 6.05. The normalized spacial score (nSPS) is 10.7. The zero-order valence-electron chi connectivity index (χ0n) is 18.7. The number of hydrogen-bond donors (Lipinski definition) is 3. The van der Waals surface area contributed by atoms with Gasteiger partial charge in [0.2, 0.25) is 0 Å². The Hall–Kier alpha value is -2.33. The number of nitrogens with one attached hydrogen (secondary N) is 3. The van der Waals surface area contributed by atoms with Crippen LogP contribution in [0.15, 0.2) is 53.5 Å². The molecule has 0 saturated carbocycles. The minimum absolute atomic E-state index is 0. The molecule has 0 atom stereocenters. The minimum Gasteiger partial charge on any atom is -0.357 e. The first-order chi connectivity index (χ1) is 14.9. The number of hydrogen-bond acceptors (Lipinski definition) is 3. The molecule has 0 spiro atoms. The molecule has 0 heterocycles. The van der Waals surface area contributed by atoms with Gasteiger partial charge in [-0.3, -0.25) is 14.6 Å². The first-order valence-corrected chi connectivity index (χ1v) is 10.7. The van der Waals surface area contributed by atoms with Crippen molar-refractivity contribution in [3.8, 4) is 0 Å². The third-order valence-corrected chi connectivity index (χ3v) is 4.75. The number of nitrogens with zero attached hydrogens (tertiary/aromatic N) is 2. The molecule has 0 unspecified atom stereocenters. The van der Waals surface area contributed by atoms with Crippen LogP contribution >= 0.6 is 35.6 Å². The van der Waals surface area contributed by atoms with Crippen LogP contribution in [0.25, 0.3) is 0 Å². The summed E-state index contributed by atoms with van der Waals surface area (Å²) in [4.78, 5) is 30.4. The van der Waals surface area contributed by atoms with Crippen LogP contribution in [0.4, 0.5) is 0 Å². The summed E-state index contributed by atoms with van der Waals surface area (Å²) < 4.78 is 0. The molecule has 0 radical (unpaired) electrons. The molecule has 32 heavy (non-hydrogen) atoms. The average Bonchev–Trinajstić information content (AvgIpc) is 2.76. The maximum absolute atomic E-state index is 12.2. The van der Waals surface area contributed by atoms with Crippen LogP contribution in [0.2, 0.25) is 5.02 Å². The Morgan fingerprint density at radius 3 is 2.41 bits per heavy atom. The van der Waals surface area contributed by atoms with Crippen molar-refractivity contribution in [3.05, 3.63) is 70.2 Å². The van der Waals surface area contributed by atoms with Crippen LogP contribution in [0.5, 0.6) is 0 Å². The molecule has 2 aromatic rings. The highest BCUT2D eigenvalue weighted by atomic mass is 127. The third kappa shape index (κ3) is 9.04. The van der Waals surface area contributed by atoms with E-state index in [0.29, 0.717) is 48.2 Å². The molecule has 9 heteroatoms. The number of guanidine groups is 1. The van der Waals surface area contributed by atoms with Crippen LogP contribution in [-0.2, 0) is 6.42 Å². The summed E-state index contributed by atoms with van der Waals surface area (Å²) in [6, 6.07) is 14.6.